The number of hydrogen-bond acceptors (Lipinski definition) is 4. The van der Waals surface area contributed by atoms with E-state index in [0.717, 1.165) is 6.42 Å². The summed E-state index contributed by atoms with van der Waals surface area (Å²) in [6.07, 6.45) is 2.78. The van der Waals surface area contributed by atoms with E-state index < -0.39 is 15.6 Å². The Kier molecular flexibility index (Phi) is 4.50. The highest BCUT2D eigenvalue weighted by Gasteiger charge is 2.30. The fourth-order valence-electron chi connectivity index (χ4n) is 2.63. The lowest BCUT2D eigenvalue weighted by Gasteiger charge is -2.29. The molecule has 0 fully saturated rings. The molecule has 1 aliphatic rings. The van der Waals surface area contributed by atoms with Crippen LogP contribution in [0.4, 0.5) is 14.5 Å². The number of sulfone groups is 1. The van der Waals surface area contributed by atoms with Crippen LogP contribution in [0.15, 0.2) is 52.7 Å². The van der Waals surface area contributed by atoms with Gasteiger partial charge in [0.25, 0.3) is 0 Å². The smallest absolute Gasteiger partial charge is 0.341 e. The second-order valence-electron chi connectivity index (χ2n) is 5.18. The first-order chi connectivity index (χ1) is 11.0. The molecule has 1 aromatic carbocycles. The lowest BCUT2D eigenvalue weighted by Crippen LogP contribution is -2.30. The molecule has 3 rings (SSSR count). The van der Waals surface area contributed by atoms with Gasteiger partial charge >= 0.3 is 5.76 Å². The van der Waals surface area contributed by atoms with Crippen LogP contribution in [-0.4, -0.2) is 27.3 Å². The SMILES string of the molecule is O=S(=O)(c1ccccc1N1CC=C(c2cccs2)CC1)C(F)F. The molecule has 0 aliphatic carbocycles. The number of halogens is 2. The molecule has 0 saturated heterocycles. The van der Waals surface area contributed by atoms with E-state index in [1.165, 1.54) is 22.6 Å². The van der Waals surface area contributed by atoms with Crippen molar-refractivity contribution in [3.8, 4) is 0 Å². The van der Waals surface area contributed by atoms with Crippen LogP contribution < -0.4 is 4.90 Å². The highest BCUT2D eigenvalue weighted by Crippen LogP contribution is 2.33. The van der Waals surface area contributed by atoms with Gasteiger partial charge in [0.2, 0.25) is 9.84 Å². The molecule has 0 spiro atoms. The van der Waals surface area contributed by atoms with Crippen molar-refractivity contribution < 1.29 is 17.2 Å². The van der Waals surface area contributed by atoms with Crippen LogP contribution in [0.2, 0.25) is 0 Å². The number of anilines is 1. The van der Waals surface area contributed by atoms with Gasteiger partial charge in [-0.05, 0) is 35.6 Å². The number of rotatable bonds is 4. The van der Waals surface area contributed by atoms with Crippen LogP contribution in [0, 0.1) is 0 Å². The zero-order valence-corrected chi connectivity index (χ0v) is 13.8. The highest BCUT2D eigenvalue weighted by atomic mass is 32.2. The molecule has 1 aromatic heterocycles. The van der Waals surface area contributed by atoms with E-state index in [4.69, 9.17) is 0 Å². The number of nitrogens with zero attached hydrogens (tertiary/aromatic N) is 1. The average molecular weight is 355 g/mol. The molecule has 7 heteroatoms. The van der Waals surface area contributed by atoms with E-state index in [2.05, 4.69) is 0 Å². The number of para-hydroxylation sites is 1. The normalized spacial score (nSPS) is 15.8. The summed E-state index contributed by atoms with van der Waals surface area (Å²) in [4.78, 5) is 2.72. The summed E-state index contributed by atoms with van der Waals surface area (Å²) in [5.41, 5.74) is 1.56. The van der Waals surface area contributed by atoms with E-state index in [-0.39, 0.29) is 4.90 Å². The van der Waals surface area contributed by atoms with Crippen molar-refractivity contribution in [3.63, 3.8) is 0 Å². The molecule has 1 aliphatic heterocycles. The van der Waals surface area contributed by atoms with Crippen LogP contribution in [0.25, 0.3) is 5.57 Å². The summed E-state index contributed by atoms with van der Waals surface area (Å²) in [6, 6.07) is 9.99. The Bertz CT molecular complexity index is 814. The summed E-state index contributed by atoms with van der Waals surface area (Å²) in [6.45, 7) is 1.10. The zero-order valence-electron chi connectivity index (χ0n) is 12.2. The maximum Gasteiger partial charge on any atom is 0.341 e. The molecule has 0 amide bonds. The van der Waals surface area contributed by atoms with Crippen LogP contribution in [0.1, 0.15) is 11.3 Å². The molecule has 3 nitrogen and oxygen atoms in total. The largest absolute Gasteiger partial charge is 0.366 e. The van der Waals surface area contributed by atoms with Crippen molar-refractivity contribution in [3.05, 3.63) is 52.7 Å². The first-order valence-corrected chi connectivity index (χ1v) is 9.51. The predicted molar refractivity (Wildman–Crippen MR) is 88.8 cm³/mol. The third kappa shape index (κ3) is 3.16. The lowest BCUT2D eigenvalue weighted by molar-refractivity contribution is 0.235. The summed E-state index contributed by atoms with van der Waals surface area (Å²) >= 11 is 1.66. The Balaban J connectivity index is 1.90. The number of alkyl halides is 2. The molecule has 122 valence electrons. The Morgan fingerprint density at radius 2 is 1.91 bits per heavy atom. The number of thiophene rings is 1. The molecular formula is C16H15F2NO2S2. The quantitative estimate of drug-likeness (QED) is 0.831. The van der Waals surface area contributed by atoms with Crippen molar-refractivity contribution in [1.82, 2.24) is 0 Å². The van der Waals surface area contributed by atoms with Crippen LogP contribution in [-0.2, 0) is 9.84 Å². The minimum atomic E-state index is -4.61. The van der Waals surface area contributed by atoms with Crippen molar-refractivity contribution in [2.45, 2.75) is 17.1 Å². The van der Waals surface area contributed by atoms with Gasteiger partial charge in [-0.2, -0.15) is 8.78 Å². The second kappa shape index (κ2) is 6.41. The fraction of sp³-hybridized carbons (Fsp3) is 0.250. The molecule has 0 atom stereocenters. The average Bonchev–Trinajstić information content (AvgIpc) is 3.09. The van der Waals surface area contributed by atoms with E-state index in [9.17, 15) is 17.2 Å². The van der Waals surface area contributed by atoms with Crippen LogP contribution in [0.3, 0.4) is 0 Å². The van der Waals surface area contributed by atoms with Crippen LogP contribution >= 0.6 is 11.3 Å². The van der Waals surface area contributed by atoms with Gasteiger partial charge < -0.3 is 4.90 Å². The maximum atomic E-state index is 12.9. The Morgan fingerprint density at radius 3 is 2.52 bits per heavy atom. The van der Waals surface area contributed by atoms with E-state index in [0.29, 0.717) is 18.8 Å². The molecule has 0 bridgehead atoms. The summed E-state index contributed by atoms with van der Waals surface area (Å²) < 4.78 is 49.5. The molecule has 0 radical (unpaired) electrons. The summed E-state index contributed by atoms with van der Waals surface area (Å²) in [5.74, 6) is -3.41. The van der Waals surface area contributed by atoms with Gasteiger partial charge in [-0.15, -0.1) is 11.3 Å². The topological polar surface area (TPSA) is 37.4 Å². The minimum Gasteiger partial charge on any atom is -0.366 e. The van der Waals surface area contributed by atoms with Gasteiger partial charge in [-0.25, -0.2) is 8.42 Å². The van der Waals surface area contributed by atoms with Gasteiger partial charge in [0.1, 0.15) is 0 Å². The standard InChI is InChI=1S/C16H15F2NO2S2/c17-16(18)23(20,21)15-6-2-1-4-13(15)19-9-7-12(8-10-19)14-5-3-11-22-14/h1-7,11,16H,8-10H2. The van der Waals surface area contributed by atoms with Gasteiger partial charge in [0.15, 0.2) is 0 Å². The second-order valence-corrected chi connectivity index (χ2v) is 8.01. The van der Waals surface area contributed by atoms with Crippen molar-refractivity contribution >= 4 is 32.4 Å². The summed E-state index contributed by atoms with van der Waals surface area (Å²) in [7, 11) is -4.61. The number of hydrogen-bond donors (Lipinski definition) is 0. The molecule has 0 saturated carbocycles. The van der Waals surface area contributed by atoms with Gasteiger partial charge in [-0.1, -0.05) is 24.3 Å². The molecule has 0 unspecified atom stereocenters. The van der Waals surface area contributed by atoms with Crippen molar-refractivity contribution in [1.29, 1.82) is 0 Å². The molecule has 2 heterocycles. The fourth-order valence-corrected chi connectivity index (χ4v) is 4.37. The first kappa shape index (κ1) is 16.1. The van der Waals surface area contributed by atoms with Gasteiger partial charge in [0.05, 0.1) is 10.6 Å². The van der Waals surface area contributed by atoms with Gasteiger partial charge in [0, 0.05) is 18.0 Å². The van der Waals surface area contributed by atoms with Gasteiger partial charge in [-0.3, -0.25) is 0 Å². The molecule has 23 heavy (non-hydrogen) atoms. The third-order valence-electron chi connectivity index (χ3n) is 3.79. The molecule has 0 N–H and O–H groups in total. The van der Waals surface area contributed by atoms with E-state index in [1.807, 2.05) is 28.5 Å². The van der Waals surface area contributed by atoms with Crippen LogP contribution in [0.5, 0.6) is 0 Å². The Hall–Kier alpha value is -1.73. The highest BCUT2D eigenvalue weighted by molar-refractivity contribution is 7.91. The zero-order chi connectivity index (χ0) is 16.4. The minimum absolute atomic E-state index is 0.303. The predicted octanol–water partition coefficient (Wildman–Crippen LogP) is 4.04. The molecule has 2 aromatic rings. The van der Waals surface area contributed by atoms with E-state index >= 15 is 0 Å². The number of benzene rings is 1. The maximum absolute atomic E-state index is 12.9. The first-order valence-electron chi connectivity index (χ1n) is 7.09. The summed E-state index contributed by atoms with van der Waals surface area (Å²) in [5, 5.41) is 2.01. The lowest BCUT2D eigenvalue weighted by atomic mass is 10.1. The van der Waals surface area contributed by atoms with E-state index in [1.54, 1.807) is 23.5 Å². The third-order valence-corrected chi connectivity index (χ3v) is 6.17. The Labute approximate surface area is 137 Å². The molecular weight excluding hydrogens is 340 g/mol. The monoisotopic (exact) mass is 355 g/mol. The van der Waals surface area contributed by atoms with Crippen molar-refractivity contribution in [2.24, 2.45) is 0 Å². The van der Waals surface area contributed by atoms with Crippen molar-refractivity contribution in [2.75, 3.05) is 18.0 Å². The Morgan fingerprint density at radius 1 is 1.13 bits per heavy atom.